The SMILES string of the molecule is CCOC(=O)CN1C(C)=C(C#N)C(c2ccc3n[nH]c(Cl)c3c2)C(C#N)=C1C. The number of aromatic nitrogens is 2. The fraction of sp³-hybridized carbons (Fsp3) is 0.300. The standard InChI is InChI=1S/C20H18ClN5O2/c1-4-28-18(27)10-26-11(2)15(8-22)19(16(9-23)12(26)3)13-5-6-17-14(7-13)20(21)25-24-17/h5-7,19H,4,10H2,1-3H3,(H,24,25). The van der Waals surface area contributed by atoms with E-state index in [9.17, 15) is 15.3 Å². The van der Waals surface area contributed by atoms with E-state index in [-0.39, 0.29) is 13.2 Å². The molecular formula is C20H18ClN5O2. The van der Waals surface area contributed by atoms with Crippen molar-refractivity contribution in [3.63, 3.8) is 0 Å². The molecule has 0 saturated carbocycles. The van der Waals surface area contributed by atoms with E-state index in [0.717, 1.165) is 10.9 Å². The van der Waals surface area contributed by atoms with Crippen LogP contribution in [0.25, 0.3) is 10.9 Å². The molecule has 1 aromatic carbocycles. The first-order valence-corrected chi connectivity index (χ1v) is 9.09. The number of ether oxygens (including phenoxy) is 1. The predicted octanol–water partition coefficient (Wildman–Crippen LogP) is 3.77. The fourth-order valence-corrected chi connectivity index (χ4v) is 3.67. The van der Waals surface area contributed by atoms with Gasteiger partial charge < -0.3 is 9.64 Å². The number of hydrogen-bond donors (Lipinski definition) is 1. The summed E-state index contributed by atoms with van der Waals surface area (Å²) in [5, 5.41) is 27.6. The molecule has 142 valence electrons. The first-order chi connectivity index (χ1) is 13.4. The highest BCUT2D eigenvalue weighted by Crippen LogP contribution is 2.42. The first kappa shape index (κ1) is 19.5. The van der Waals surface area contributed by atoms with Gasteiger partial charge in [0, 0.05) is 16.8 Å². The van der Waals surface area contributed by atoms with Crippen molar-refractivity contribution >= 4 is 28.5 Å². The number of benzene rings is 1. The maximum absolute atomic E-state index is 12.0. The van der Waals surface area contributed by atoms with Gasteiger partial charge in [-0.2, -0.15) is 15.6 Å². The Kier molecular flexibility index (Phi) is 5.39. The smallest absolute Gasteiger partial charge is 0.325 e. The number of aromatic amines is 1. The van der Waals surface area contributed by atoms with Gasteiger partial charge in [-0.25, -0.2) is 0 Å². The molecule has 28 heavy (non-hydrogen) atoms. The second-order valence-corrected chi connectivity index (χ2v) is 6.74. The van der Waals surface area contributed by atoms with Crippen molar-refractivity contribution in [1.82, 2.24) is 15.1 Å². The molecule has 0 fully saturated rings. The summed E-state index contributed by atoms with van der Waals surface area (Å²) < 4.78 is 5.03. The molecule has 2 heterocycles. The molecule has 1 N–H and O–H groups in total. The van der Waals surface area contributed by atoms with Gasteiger partial charge in [-0.15, -0.1) is 0 Å². The molecule has 7 nitrogen and oxygen atoms in total. The number of hydrogen-bond acceptors (Lipinski definition) is 6. The van der Waals surface area contributed by atoms with E-state index in [4.69, 9.17) is 16.3 Å². The van der Waals surface area contributed by atoms with Crippen LogP contribution in [0.15, 0.2) is 40.7 Å². The Labute approximate surface area is 167 Å². The van der Waals surface area contributed by atoms with Crippen LogP contribution in [-0.2, 0) is 9.53 Å². The Morgan fingerprint density at radius 3 is 2.50 bits per heavy atom. The molecule has 0 atom stereocenters. The number of nitrogens with one attached hydrogen (secondary N) is 1. The molecule has 0 aliphatic carbocycles. The van der Waals surface area contributed by atoms with Gasteiger partial charge in [0.2, 0.25) is 0 Å². The lowest BCUT2D eigenvalue weighted by Crippen LogP contribution is -2.33. The maximum Gasteiger partial charge on any atom is 0.325 e. The van der Waals surface area contributed by atoms with Gasteiger partial charge in [-0.05, 0) is 38.5 Å². The Hall–Kier alpha value is -3.29. The number of allylic oxidation sites excluding steroid dienone is 4. The van der Waals surface area contributed by atoms with Gasteiger partial charge in [-0.3, -0.25) is 9.89 Å². The maximum atomic E-state index is 12.0. The van der Waals surface area contributed by atoms with Gasteiger partial charge >= 0.3 is 5.97 Å². The van der Waals surface area contributed by atoms with Crippen molar-refractivity contribution in [3.05, 3.63) is 51.5 Å². The van der Waals surface area contributed by atoms with Crippen LogP contribution in [-0.4, -0.2) is 34.2 Å². The number of rotatable bonds is 4. The largest absolute Gasteiger partial charge is 0.465 e. The lowest BCUT2D eigenvalue weighted by atomic mass is 9.80. The average Bonchev–Trinajstić information content (AvgIpc) is 3.05. The van der Waals surface area contributed by atoms with Gasteiger partial charge in [0.15, 0.2) is 0 Å². The third-order valence-corrected chi connectivity index (χ3v) is 5.15. The predicted molar refractivity (Wildman–Crippen MR) is 104 cm³/mol. The minimum atomic E-state index is -0.538. The van der Waals surface area contributed by atoms with Gasteiger partial charge in [0.25, 0.3) is 0 Å². The number of carbonyl (C=O) groups is 1. The van der Waals surface area contributed by atoms with E-state index in [1.54, 1.807) is 31.7 Å². The van der Waals surface area contributed by atoms with E-state index < -0.39 is 11.9 Å². The summed E-state index contributed by atoms with van der Waals surface area (Å²) in [7, 11) is 0. The third-order valence-electron chi connectivity index (χ3n) is 4.87. The summed E-state index contributed by atoms with van der Waals surface area (Å²) in [4.78, 5) is 13.7. The lowest BCUT2D eigenvalue weighted by Gasteiger charge is -2.34. The quantitative estimate of drug-likeness (QED) is 0.789. The molecule has 0 spiro atoms. The van der Waals surface area contributed by atoms with Crippen LogP contribution in [0.3, 0.4) is 0 Å². The van der Waals surface area contributed by atoms with E-state index >= 15 is 0 Å². The molecule has 0 radical (unpaired) electrons. The molecule has 8 heteroatoms. The van der Waals surface area contributed by atoms with Gasteiger partial charge in [0.05, 0.1) is 41.3 Å². The van der Waals surface area contributed by atoms with Crippen LogP contribution in [0.1, 0.15) is 32.3 Å². The number of esters is 1. The van der Waals surface area contributed by atoms with E-state index in [0.29, 0.717) is 33.2 Å². The Balaban J connectivity index is 2.13. The summed E-state index contributed by atoms with van der Waals surface area (Å²) >= 11 is 6.16. The van der Waals surface area contributed by atoms with Crippen molar-refractivity contribution in [2.75, 3.05) is 13.2 Å². The van der Waals surface area contributed by atoms with Crippen molar-refractivity contribution in [2.45, 2.75) is 26.7 Å². The summed E-state index contributed by atoms with van der Waals surface area (Å²) in [6.45, 7) is 5.48. The van der Waals surface area contributed by atoms with Crippen LogP contribution in [0.4, 0.5) is 0 Å². The van der Waals surface area contributed by atoms with E-state index in [2.05, 4.69) is 22.3 Å². The summed E-state index contributed by atoms with van der Waals surface area (Å²) in [6.07, 6.45) is 0. The minimum Gasteiger partial charge on any atom is -0.465 e. The number of nitrogens with zero attached hydrogens (tertiary/aromatic N) is 4. The molecule has 1 aromatic heterocycles. The normalized spacial score (nSPS) is 15.0. The number of halogens is 1. The minimum absolute atomic E-state index is 0.0544. The third kappa shape index (κ3) is 3.21. The highest BCUT2D eigenvalue weighted by Gasteiger charge is 2.34. The molecule has 0 saturated heterocycles. The van der Waals surface area contributed by atoms with Crippen LogP contribution in [0.2, 0.25) is 5.15 Å². The van der Waals surface area contributed by atoms with Crippen LogP contribution >= 0.6 is 11.6 Å². The van der Waals surface area contributed by atoms with Crippen LogP contribution in [0.5, 0.6) is 0 Å². The van der Waals surface area contributed by atoms with Crippen molar-refractivity contribution in [3.8, 4) is 12.1 Å². The summed E-state index contributed by atoms with van der Waals surface area (Å²) in [6, 6.07) is 9.91. The van der Waals surface area contributed by atoms with E-state index in [1.165, 1.54) is 0 Å². The van der Waals surface area contributed by atoms with E-state index in [1.807, 2.05) is 12.1 Å². The van der Waals surface area contributed by atoms with Crippen molar-refractivity contribution < 1.29 is 9.53 Å². The number of H-pyrrole nitrogens is 1. The Morgan fingerprint density at radius 2 is 1.93 bits per heavy atom. The monoisotopic (exact) mass is 395 g/mol. The zero-order valence-electron chi connectivity index (χ0n) is 15.7. The second kappa shape index (κ2) is 7.75. The topological polar surface area (TPSA) is 106 Å². The van der Waals surface area contributed by atoms with Crippen LogP contribution < -0.4 is 0 Å². The molecule has 1 aliphatic heterocycles. The van der Waals surface area contributed by atoms with Gasteiger partial charge in [0.1, 0.15) is 11.7 Å². The Morgan fingerprint density at radius 1 is 1.29 bits per heavy atom. The molecule has 1 aliphatic rings. The lowest BCUT2D eigenvalue weighted by molar-refractivity contribution is -0.143. The summed E-state index contributed by atoms with van der Waals surface area (Å²) in [5.41, 5.74) is 3.52. The van der Waals surface area contributed by atoms with Crippen LogP contribution in [0, 0.1) is 22.7 Å². The highest BCUT2D eigenvalue weighted by atomic mass is 35.5. The molecule has 0 unspecified atom stereocenters. The highest BCUT2D eigenvalue weighted by molar-refractivity contribution is 6.34. The molecular weight excluding hydrogens is 378 g/mol. The number of nitriles is 2. The first-order valence-electron chi connectivity index (χ1n) is 8.71. The Bertz CT molecular complexity index is 1060. The molecule has 0 bridgehead atoms. The average molecular weight is 396 g/mol. The second-order valence-electron chi connectivity index (χ2n) is 6.36. The van der Waals surface area contributed by atoms with Crippen molar-refractivity contribution in [1.29, 1.82) is 10.5 Å². The number of fused-ring (bicyclic) bond motifs is 1. The molecule has 3 rings (SSSR count). The molecule has 0 amide bonds. The zero-order valence-corrected chi connectivity index (χ0v) is 16.5. The van der Waals surface area contributed by atoms with Crippen molar-refractivity contribution in [2.24, 2.45) is 0 Å². The van der Waals surface area contributed by atoms with Gasteiger partial charge in [-0.1, -0.05) is 17.7 Å². The summed E-state index contributed by atoms with van der Waals surface area (Å²) in [5.74, 6) is -0.954. The molecule has 2 aromatic rings. The fourth-order valence-electron chi connectivity index (χ4n) is 3.48. The number of carbonyl (C=O) groups excluding carboxylic acids is 1. The zero-order chi connectivity index (χ0) is 20.4.